The lowest BCUT2D eigenvalue weighted by Crippen LogP contribution is -2.23. The summed E-state index contributed by atoms with van der Waals surface area (Å²) in [4.78, 5) is 17.3. The minimum atomic E-state index is -0.479. The number of carbonyl (C=O) groups excluding carboxylic acids is 1. The molecule has 6 nitrogen and oxygen atoms in total. The van der Waals surface area contributed by atoms with Crippen LogP contribution in [0.5, 0.6) is 5.75 Å². The summed E-state index contributed by atoms with van der Waals surface area (Å²) in [5, 5.41) is 13.0. The number of ether oxygens (including phenoxy) is 2. The number of carbonyl (C=O) groups is 1. The monoisotopic (exact) mass is 340 g/mol. The lowest BCUT2D eigenvalue weighted by Gasteiger charge is -2.08. The third-order valence-corrected chi connectivity index (χ3v) is 5.66. The second kappa shape index (κ2) is 6.80. The molecule has 2 aliphatic rings. The van der Waals surface area contributed by atoms with Gasteiger partial charge in [-0.25, -0.2) is 4.79 Å². The molecule has 118 valence electrons. The van der Waals surface area contributed by atoms with Gasteiger partial charge in [0.25, 0.3) is 0 Å². The normalized spacial score (nSPS) is 22.7. The van der Waals surface area contributed by atoms with E-state index in [2.05, 4.69) is 10.3 Å². The Kier molecular flexibility index (Phi) is 4.80. The first-order valence-electron chi connectivity index (χ1n) is 6.80. The number of hydrogen-bond acceptors (Lipinski definition) is 8. The van der Waals surface area contributed by atoms with Gasteiger partial charge in [-0.2, -0.15) is 0 Å². The molecule has 0 saturated heterocycles. The molecule has 2 N–H and O–H groups in total. The van der Waals surface area contributed by atoms with E-state index in [9.17, 15) is 4.79 Å². The molecule has 1 aromatic rings. The summed E-state index contributed by atoms with van der Waals surface area (Å²) in [6.45, 7) is -0.147. The molecule has 0 spiro atoms. The lowest BCUT2D eigenvalue weighted by atomic mass is 10.3. The highest BCUT2D eigenvalue weighted by Gasteiger charge is 2.33. The van der Waals surface area contributed by atoms with E-state index in [1.807, 2.05) is 18.2 Å². The molecule has 2 atom stereocenters. The zero-order valence-electron chi connectivity index (χ0n) is 11.9. The van der Waals surface area contributed by atoms with Gasteiger partial charge < -0.3 is 19.9 Å². The van der Waals surface area contributed by atoms with Crippen molar-refractivity contribution in [2.24, 2.45) is 4.99 Å². The average molecular weight is 340 g/mol. The van der Waals surface area contributed by atoms with E-state index < -0.39 is 6.04 Å². The number of aliphatic hydroxyl groups is 1. The number of esters is 1. The van der Waals surface area contributed by atoms with Crippen molar-refractivity contribution in [3.05, 3.63) is 18.2 Å². The molecule has 3 rings (SSSR count). The molecule has 2 unspecified atom stereocenters. The predicted molar refractivity (Wildman–Crippen MR) is 88.0 cm³/mol. The summed E-state index contributed by atoms with van der Waals surface area (Å²) >= 11 is 3.22. The third kappa shape index (κ3) is 3.18. The van der Waals surface area contributed by atoms with Gasteiger partial charge in [-0.1, -0.05) is 11.8 Å². The zero-order valence-corrected chi connectivity index (χ0v) is 13.6. The number of nitrogens with one attached hydrogen (secondary N) is 1. The number of methoxy groups -OCH3 is 1. The Morgan fingerprint density at radius 1 is 1.55 bits per heavy atom. The first-order chi connectivity index (χ1) is 10.7. The maximum atomic E-state index is 11.8. The summed E-state index contributed by atoms with van der Waals surface area (Å²) in [6.07, 6.45) is 0. The van der Waals surface area contributed by atoms with E-state index in [-0.39, 0.29) is 24.6 Å². The minimum Gasteiger partial charge on any atom is -0.497 e. The third-order valence-electron chi connectivity index (χ3n) is 3.22. The lowest BCUT2D eigenvalue weighted by molar-refractivity contribution is -0.145. The molecule has 8 heteroatoms. The van der Waals surface area contributed by atoms with Crippen molar-refractivity contribution in [2.75, 3.05) is 31.4 Å². The maximum Gasteiger partial charge on any atom is 0.331 e. The fourth-order valence-corrected chi connectivity index (χ4v) is 4.49. The molecular weight excluding hydrogens is 324 g/mol. The first kappa shape index (κ1) is 15.5. The maximum absolute atomic E-state index is 11.8. The molecule has 2 aliphatic heterocycles. The van der Waals surface area contributed by atoms with Gasteiger partial charge in [0.05, 0.1) is 13.7 Å². The SMILES string of the molecule is COc1ccc2c(c1)SC(C1=NC(C(=O)OCCO)CS1)N2. The Morgan fingerprint density at radius 3 is 3.18 bits per heavy atom. The number of aliphatic hydroxyl groups excluding tert-OH is 1. The number of rotatable bonds is 5. The largest absolute Gasteiger partial charge is 0.497 e. The summed E-state index contributed by atoms with van der Waals surface area (Å²) in [6, 6.07) is 5.40. The number of benzene rings is 1. The van der Waals surface area contributed by atoms with E-state index in [0.717, 1.165) is 21.4 Å². The van der Waals surface area contributed by atoms with Crippen LogP contribution in [0.4, 0.5) is 5.69 Å². The molecule has 22 heavy (non-hydrogen) atoms. The van der Waals surface area contributed by atoms with Crippen molar-refractivity contribution in [3.63, 3.8) is 0 Å². The van der Waals surface area contributed by atoms with Gasteiger partial charge in [0.2, 0.25) is 0 Å². The van der Waals surface area contributed by atoms with Gasteiger partial charge in [0.1, 0.15) is 22.8 Å². The number of fused-ring (bicyclic) bond motifs is 1. The molecule has 0 aliphatic carbocycles. The standard InChI is InChI=1S/C14H16N2O4S2/c1-19-8-2-3-9-11(6-8)22-13(15-9)12-16-10(7-21-12)14(18)20-5-4-17/h2-3,6,10,13,15,17H,4-5,7H2,1H3. The van der Waals surface area contributed by atoms with E-state index in [4.69, 9.17) is 14.6 Å². The number of nitrogens with zero attached hydrogens (tertiary/aromatic N) is 1. The Labute approximate surface area is 136 Å². The molecule has 2 heterocycles. The topological polar surface area (TPSA) is 80.2 Å². The summed E-state index contributed by atoms with van der Waals surface area (Å²) in [7, 11) is 1.64. The second-order valence-corrected chi connectivity index (χ2v) is 6.88. The molecule has 0 bridgehead atoms. The van der Waals surface area contributed by atoms with E-state index in [1.165, 1.54) is 0 Å². The Morgan fingerprint density at radius 2 is 2.41 bits per heavy atom. The summed E-state index contributed by atoms with van der Waals surface area (Å²) in [5.74, 6) is 1.02. The fraction of sp³-hybridized carbons (Fsp3) is 0.429. The molecule has 0 saturated carbocycles. The van der Waals surface area contributed by atoms with Gasteiger partial charge in [-0.3, -0.25) is 4.99 Å². The highest BCUT2D eigenvalue weighted by atomic mass is 32.2. The van der Waals surface area contributed by atoms with Crippen LogP contribution in [-0.4, -0.2) is 53.6 Å². The number of thioether (sulfide) groups is 2. The molecule has 0 aromatic heterocycles. The Bertz CT molecular complexity index is 609. The minimum absolute atomic E-state index is 0.0164. The van der Waals surface area contributed by atoms with Crippen molar-refractivity contribution in [1.82, 2.24) is 0 Å². The van der Waals surface area contributed by atoms with Crippen LogP contribution in [-0.2, 0) is 9.53 Å². The number of anilines is 1. The van der Waals surface area contributed by atoms with E-state index in [0.29, 0.717) is 5.75 Å². The molecular formula is C14H16N2O4S2. The smallest absolute Gasteiger partial charge is 0.331 e. The average Bonchev–Trinajstić information content (AvgIpc) is 3.17. The highest BCUT2D eigenvalue weighted by molar-refractivity contribution is 8.16. The van der Waals surface area contributed by atoms with Crippen LogP contribution in [0.15, 0.2) is 28.1 Å². The van der Waals surface area contributed by atoms with Crippen LogP contribution >= 0.6 is 23.5 Å². The molecule has 0 radical (unpaired) electrons. The van der Waals surface area contributed by atoms with Crippen molar-refractivity contribution >= 4 is 40.2 Å². The molecule has 0 fully saturated rings. The second-order valence-electron chi connectivity index (χ2n) is 4.69. The molecule has 1 aromatic carbocycles. The molecule has 0 amide bonds. The Balaban J connectivity index is 1.65. The summed E-state index contributed by atoms with van der Waals surface area (Å²) in [5.41, 5.74) is 1.05. The Hall–Kier alpha value is -1.38. The van der Waals surface area contributed by atoms with Crippen molar-refractivity contribution < 1.29 is 19.4 Å². The summed E-state index contributed by atoms with van der Waals surface area (Å²) < 4.78 is 10.2. The van der Waals surface area contributed by atoms with Gasteiger partial charge in [-0.15, -0.1) is 11.8 Å². The van der Waals surface area contributed by atoms with Crippen molar-refractivity contribution in [3.8, 4) is 5.75 Å². The van der Waals surface area contributed by atoms with E-state index in [1.54, 1.807) is 30.6 Å². The van der Waals surface area contributed by atoms with Crippen LogP contribution in [0, 0.1) is 0 Å². The quantitative estimate of drug-likeness (QED) is 0.788. The van der Waals surface area contributed by atoms with Crippen LogP contribution < -0.4 is 10.1 Å². The first-order valence-corrected chi connectivity index (χ1v) is 8.67. The van der Waals surface area contributed by atoms with Crippen LogP contribution in [0.3, 0.4) is 0 Å². The van der Waals surface area contributed by atoms with Crippen molar-refractivity contribution in [2.45, 2.75) is 16.3 Å². The highest BCUT2D eigenvalue weighted by Crippen LogP contribution is 2.43. The van der Waals surface area contributed by atoms with Gasteiger partial charge >= 0.3 is 5.97 Å². The zero-order chi connectivity index (χ0) is 15.5. The van der Waals surface area contributed by atoms with Gasteiger partial charge in [0, 0.05) is 16.3 Å². The van der Waals surface area contributed by atoms with Crippen LogP contribution in [0.25, 0.3) is 0 Å². The van der Waals surface area contributed by atoms with Crippen LogP contribution in [0.1, 0.15) is 0 Å². The number of aliphatic imine (C=N–C) groups is 1. The fourth-order valence-electron chi connectivity index (χ4n) is 2.16. The number of hydrogen-bond donors (Lipinski definition) is 2. The van der Waals surface area contributed by atoms with Gasteiger partial charge in [-0.05, 0) is 18.2 Å². The van der Waals surface area contributed by atoms with Crippen LogP contribution in [0.2, 0.25) is 0 Å². The van der Waals surface area contributed by atoms with Gasteiger partial charge in [0.15, 0.2) is 6.04 Å². The predicted octanol–water partition coefficient (Wildman–Crippen LogP) is 1.59. The van der Waals surface area contributed by atoms with E-state index >= 15 is 0 Å². The van der Waals surface area contributed by atoms with Crippen molar-refractivity contribution in [1.29, 1.82) is 0 Å².